The molecule has 36 heavy (non-hydrogen) atoms. The number of hydrogen-bond acceptors (Lipinski definition) is 7. The summed E-state index contributed by atoms with van der Waals surface area (Å²) in [5.74, 6) is 1.39. The number of rotatable bonds is 11. The van der Waals surface area contributed by atoms with E-state index in [2.05, 4.69) is 4.72 Å². The van der Waals surface area contributed by atoms with E-state index < -0.39 is 16.3 Å². The van der Waals surface area contributed by atoms with Gasteiger partial charge in [-0.05, 0) is 28.8 Å². The van der Waals surface area contributed by atoms with Crippen LogP contribution in [0.5, 0.6) is 0 Å². The summed E-state index contributed by atoms with van der Waals surface area (Å²) in [4.78, 5) is 0.230. The van der Waals surface area contributed by atoms with Gasteiger partial charge in [0.2, 0.25) is 10.0 Å². The van der Waals surface area contributed by atoms with Crippen molar-refractivity contribution in [2.45, 2.75) is 43.0 Å². The van der Waals surface area contributed by atoms with Crippen molar-refractivity contribution in [3.63, 3.8) is 0 Å². The van der Waals surface area contributed by atoms with Crippen molar-refractivity contribution in [2.24, 2.45) is 0 Å². The molecule has 0 aliphatic carbocycles. The van der Waals surface area contributed by atoms with Gasteiger partial charge in [-0.3, -0.25) is 0 Å². The quantitative estimate of drug-likeness (QED) is 0.323. The fraction of sp³-hybridized carbons (Fsp3) is 0.333. The van der Waals surface area contributed by atoms with Crippen molar-refractivity contribution in [1.29, 1.82) is 0 Å². The summed E-state index contributed by atoms with van der Waals surface area (Å²) in [5.41, 5.74) is 3.53. The lowest BCUT2D eigenvalue weighted by Crippen LogP contribution is -2.31. The van der Waals surface area contributed by atoms with Gasteiger partial charge in [-0.25, -0.2) is 13.1 Å². The molecule has 1 aliphatic heterocycles. The van der Waals surface area contributed by atoms with Gasteiger partial charge in [-0.2, -0.15) is 11.8 Å². The van der Waals surface area contributed by atoms with Crippen LogP contribution >= 0.6 is 11.8 Å². The Morgan fingerprint density at radius 2 is 1.53 bits per heavy atom. The van der Waals surface area contributed by atoms with E-state index in [0.29, 0.717) is 12.2 Å². The smallest absolute Gasteiger partial charge is 0.240 e. The number of aliphatic hydroxyl groups is 2. The molecule has 4 rings (SSSR count). The number of aliphatic hydroxyl groups excluding tert-OH is 2. The molecule has 3 aromatic rings. The van der Waals surface area contributed by atoms with Crippen molar-refractivity contribution in [2.75, 3.05) is 18.1 Å². The van der Waals surface area contributed by atoms with Crippen LogP contribution in [-0.4, -0.2) is 42.8 Å². The van der Waals surface area contributed by atoms with Crippen LogP contribution < -0.4 is 4.72 Å². The zero-order chi connectivity index (χ0) is 25.4. The van der Waals surface area contributed by atoms with Gasteiger partial charge in [0, 0.05) is 30.0 Å². The summed E-state index contributed by atoms with van der Waals surface area (Å²) in [6.45, 7) is 0.287. The summed E-state index contributed by atoms with van der Waals surface area (Å²) < 4.78 is 40.2. The van der Waals surface area contributed by atoms with Crippen LogP contribution in [0.1, 0.15) is 41.1 Å². The van der Waals surface area contributed by atoms with Crippen molar-refractivity contribution in [3.8, 4) is 0 Å². The third kappa shape index (κ3) is 7.17. The fourth-order valence-electron chi connectivity index (χ4n) is 3.96. The Balaban J connectivity index is 1.44. The Morgan fingerprint density at radius 3 is 2.19 bits per heavy atom. The van der Waals surface area contributed by atoms with Gasteiger partial charge in [0.25, 0.3) is 0 Å². The number of thioether (sulfide) groups is 1. The molecule has 0 spiro atoms. The number of hydrogen-bond donors (Lipinski definition) is 3. The Hall–Kier alpha value is -2.24. The molecule has 3 atom stereocenters. The highest BCUT2D eigenvalue weighted by atomic mass is 32.2. The van der Waals surface area contributed by atoms with Gasteiger partial charge in [-0.15, -0.1) is 0 Å². The highest BCUT2D eigenvalue weighted by Gasteiger charge is 2.32. The van der Waals surface area contributed by atoms with E-state index in [-0.39, 0.29) is 36.9 Å². The second kappa shape index (κ2) is 12.8. The molecular weight excluding hydrogens is 498 g/mol. The molecule has 1 aliphatic rings. The minimum atomic E-state index is -3.59. The number of nitrogens with one attached hydrogen (secondary N) is 1. The fourth-order valence-corrected chi connectivity index (χ4v) is 5.77. The van der Waals surface area contributed by atoms with E-state index in [1.165, 1.54) is 0 Å². The highest BCUT2D eigenvalue weighted by molar-refractivity contribution is 7.99. The van der Waals surface area contributed by atoms with E-state index in [1.807, 2.05) is 48.5 Å². The van der Waals surface area contributed by atoms with Crippen LogP contribution in [0.4, 0.5) is 0 Å². The van der Waals surface area contributed by atoms with Gasteiger partial charge in [0.05, 0.1) is 30.3 Å². The summed E-state index contributed by atoms with van der Waals surface area (Å²) in [6, 6.07) is 23.5. The predicted molar refractivity (Wildman–Crippen MR) is 140 cm³/mol. The molecule has 3 aromatic carbocycles. The summed E-state index contributed by atoms with van der Waals surface area (Å²) >= 11 is 1.64. The average Bonchev–Trinajstić information content (AvgIpc) is 2.93. The van der Waals surface area contributed by atoms with Gasteiger partial charge >= 0.3 is 0 Å². The molecular formula is C27H31NO6S2. The molecule has 0 radical (unpaired) electrons. The van der Waals surface area contributed by atoms with Crippen LogP contribution in [-0.2, 0) is 32.6 Å². The molecule has 0 saturated carbocycles. The zero-order valence-corrected chi connectivity index (χ0v) is 21.5. The lowest BCUT2D eigenvalue weighted by Gasteiger charge is -2.36. The maximum Gasteiger partial charge on any atom is 0.240 e. The van der Waals surface area contributed by atoms with E-state index in [1.54, 1.807) is 42.1 Å². The topological polar surface area (TPSA) is 105 Å². The van der Waals surface area contributed by atoms with Crippen LogP contribution in [0.25, 0.3) is 0 Å². The number of benzene rings is 3. The lowest BCUT2D eigenvalue weighted by atomic mass is 10.0. The molecule has 0 bridgehead atoms. The van der Waals surface area contributed by atoms with Crippen molar-refractivity contribution in [1.82, 2.24) is 4.72 Å². The second-order valence-electron chi connectivity index (χ2n) is 8.53. The van der Waals surface area contributed by atoms with Gasteiger partial charge < -0.3 is 19.7 Å². The largest absolute Gasteiger partial charge is 0.396 e. The maximum atomic E-state index is 12.5. The van der Waals surface area contributed by atoms with Gasteiger partial charge in [0.1, 0.15) is 0 Å². The normalized spacial score (nSPS) is 20.3. The first-order chi connectivity index (χ1) is 17.5. The summed E-state index contributed by atoms with van der Waals surface area (Å²) in [6.07, 6.45) is -0.114. The molecule has 3 unspecified atom stereocenters. The molecule has 9 heteroatoms. The Kier molecular flexibility index (Phi) is 9.55. The van der Waals surface area contributed by atoms with Crippen molar-refractivity contribution in [3.05, 3.63) is 101 Å². The second-order valence-corrected chi connectivity index (χ2v) is 11.4. The molecule has 192 valence electrons. The third-order valence-electron chi connectivity index (χ3n) is 5.93. The Labute approximate surface area is 216 Å². The maximum absolute atomic E-state index is 12.5. The van der Waals surface area contributed by atoms with Crippen LogP contribution in [0, 0.1) is 0 Å². The van der Waals surface area contributed by atoms with Crippen LogP contribution in [0.15, 0.2) is 83.8 Å². The predicted octanol–water partition coefficient (Wildman–Crippen LogP) is 3.93. The monoisotopic (exact) mass is 529 g/mol. The summed E-state index contributed by atoms with van der Waals surface area (Å²) in [7, 11) is -3.59. The molecule has 1 saturated heterocycles. The molecule has 7 nitrogen and oxygen atoms in total. The first-order valence-corrected chi connectivity index (χ1v) is 14.4. The molecule has 3 N–H and O–H groups in total. The lowest BCUT2D eigenvalue weighted by molar-refractivity contribution is -0.245. The van der Waals surface area contributed by atoms with Crippen LogP contribution in [0.3, 0.4) is 0 Å². The molecule has 0 aromatic heterocycles. The Bertz CT molecular complexity index is 1190. The Morgan fingerprint density at radius 1 is 0.861 bits per heavy atom. The van der Waals surface area contributed by atoms with Crippen LogP contribution in [0.2, 0.25) is 0 Å². The first-order valence-electron chi connectivity index (χ1n) is 11.8. The van der Waals surface area contributed by atoms with Crippen molar-refractivity contribution < 1.29 is 28.1 Å². The highest BCUT2D eigenvalue weighted by Crippen LogP contribution is 2.38. The van der Waals surface area contributed by atoms with E-state index in [9.17, 15) is 13.5 Å². The SMILES string of the molecule is O=S(=O)(NCc1ccc(C2OC(CSCCO)CC(c3ccc(CO)cc3)O2)cc1)c1ccccc1. The van der Waals surface area contributed by atoms with E-state index in [4.69, 9.17) is 14.6 Å². The standard InChI is InChI=1S/C27H31NO6S2/c29-14-15-35-19-24-16-26(22-10-8-21(18-30)9-11-22)34-27(33-24)23-12-6-20(7-13-23)17-28-36(31,32)25-4-2-1-3-5-25/h1-13,24,26-30H,14-19H2. The van der Waals surface area contributed by atoms with E-state index >= 15 is 0 Å². The molecule has 1 fully saturated rings. The van der Waals surface area contributed by atoms with Gasteiger partial charge in [-0.1, -0.05) is 66.7 Å². The van der Waals surface area contributed by atoms with Crippen molar-refractivity contribution >= 4 is 21.8 Å². The molecule has 1 heterocycles. The minimum Gasteiger partial charge on any atom is -0.396 e. The summed E-state index contributed by atoms with van der Waals surface area (Å²) in [5, 5.41) is 18.5. The van der Waals surface area contributed by atoms with Gasteiger partial charge in [0.15, 0.2) is 6.29 Å². The zero-order valence-electron chi connectivity index (χ0n) is 19.8. The average molecular weight is 530 g/mol. The van der Waals surface area contributed by atoms with E-state index in [0.717, 1.165) is 28.0 Å². The first kappa shape index (κ1) is 26.8. The molecule has 0 amide bonds. The number of sulfonamides is 1. The third-order valence-corrected chi connectivity index (χ3v) is 8.42. The number of ether oxygens (including phenoxy) is 2. The minimum absolute atomic E-state index is 0.00812.